The number of hydrogen-bond acceptors (Lipinski definition) is 2. The molecule has 0 aliphatic rings. The van der Waals surface area contributed by atoms with Gasteiger partial charge in [-0.1, -0.05) is 50.1 Å². The summed E-state index contributed by atoms with van der Waals surface area (Å²) in [5, 5.41) is 3.59. The summed E-state index contributed by atoms with van der Waals surface area (Å²) in [4.78, 5) is 0. The summed E-state index contributed by atoms with van der Waals surface area (Å²) in [7, 11) is 0. The summed E-state index contributed by atoms with van der Waals surface area (Å²) < 4.78 is 0. The van der Waals surface area contributed by atoms with E-state index in [-0.39, 0.29) is 0 Å². The molecule has 2 nitrogen and oxygen atoms in total. The molecular weight excluding hydrogens is 208 g/mol. The predicted octanol–water partition coefficient (Wildman–Crippen LogP) is 2.90. The lowest BCUT2D eigenvalue weighted by Gasteiger charge is -2.20. The maximum absolute atomic E-state index is 5.85. The summed E-state index contributed by atoms with van der Waals surface area (Å²) in [5.41, 5.74) is 7.19. The largest absolute Gasteiger partial charge is 0.330 e. The van der Waals surface area contributed by atoms with E-state index in [0.717, 1.165) is 6.54 Å². The van der Waals surface area contributed by atoms with E-state index in [2.05, 4.69) is 43.4 Å². The molecule has 0 saturated heterocycles. The zero-order valence-corrected chi connectivity index (χ0v) is 11.2. The Morgan fingerprint density at radius 1 is 1.24 bits per heavy atom. The van der Waals surface area contributed by atoms with E-state index in [1.54, 1.807) is 0 Å². The van der Waals surface area contributed by atoms with Crippen molar-refractivity contribution in [1.82, 2.24) is 5.32 Å². The standard InChI is InChI=1S/C15H26N2/c1-3-4-8-13(2)17-12-15(11-16)14-9-6-5-7-10-14/h5-7,9-10,13,15,17H,3-4,8,11-12,16H2,1-2H3. The third kappa shape index (κ3) is 5.33. The van der Waals surface area contributed by atoms with Crippen molar-refractivity contribution in [2.75, 3.05) is 13.1 Å². The predicted molar refractivity (Wildman–Crippen MR) is 75.2 cm³/mol. The van der Waals surface area contributed by atoms with Gasteiger partial charge >= 0.3 is 0 Å². The summed E-state index contributed by atoms with van der Waals surface area (Å²) in [6, 6.07) is 11.1. The second-order valence-corrected chi connectivity index (χ2v) is 4.79. The summed E-state index contributed by atoms with van der Waals surface area (Å²) >= 11 is 0. The number of unbranched alkanes of at least 4 members (excludes halogenated alkanes) is 1. The highest BCUT2D eigenvalue weighted by Gasteiger charge is 2.10. The van der Waals surface area contributed by atoms with E-state index >= 15 is 0 Å². The van der Waals surface area contributed by atoms with Gasteiger partial charge in [0, 0.05) is 25.0 Å². The van der Waals surface area contributed by atoms with Crippen LogP contribution in [0.1, 0.15) is 44.6 Å². The van der Waals surface area contributed by atoms with Gasteiger partial charge in [-0.25, -0.2) is 0 Å². The lowest BCUT2D eigenvalue weighted by molar-refractivity contribution is 0.470. The van der Waals surface area contributed by atoms with Gasteiger partial charge in [-0.3, -0.25) is 0 Å². The van der Waals surface area contributed by atoms with Gasteiger partial charge in [0.05, 0.1) is 0 Å². The highest BCUT2D eigenvalue weighted by Crippen LogP contribution is 2.13. The average molecular weight is 234 g/mol. The summed E-state index contributed by atoms with van der Waals surface area (Å²) in [6.45, 7) is 6.18. The van der Waals surface area contributed by atoms with Crippen molar-refractivity contribution < 1.29 is 0 Å². The highest BCUT2D eigenvalue weighted by atomic mass is 14.9. The Morgan fingerprint density at radius 2 is 1.94 bits per heavy atom. The maximum atomic E-state index is 5.85. The molecule has 1 aromatic carbocycles. The number of nitrogens with two attached hydrogens (primary N) is 1. The molecule has 96 valence electrons. The minimum atomic E-state index is 0.431. The molecular formula is C15H26N2. The second kappa shape index (κ2) is 8.26. The van der Waals surface area contributed by atoms with Gasteiger partial charge in [0.2, 0.25) is 0 Å². The Kier molecular flexibility index (Phi) is 6.90. The smallest absolute Gasteiger partial charge is 0.00864 e. The van der Waals surface area contributed by atoms with Crippen molar-refractivity contribution in [2.45, 2.75) is 45.1 Å². The van der Waals surface area contributed by atoms with Crippen molar-refractivity contribution in [2.24, 2.45) is 5.73 Å². The molecule has 0 radical (unpaired) electrons. The maximum Gasteiger partial charge on any atom is 0.00864 e. The molecule has 2 atom stereocenters. The number of hydrogen-bond donors (Lipinski definition) is 2. The molecule has 1 rings (SSSR count). The summed E-state index contributed by atoms with van der Waals surface area (Å²) in [6.07, 6.45) is 3.82. The molecule has 0 heterocycles. The molecule has 0 amide bonds. The molecule has 0 aliphatic heterocycles. The van der Waals surface area contributed by atoms with E-state index in [0.29, 0.717) is 18.5 Å². The van der Waals surface area contributed by atoms with Crippen LogP contribution in [-0.2, 0) is 0 Å². The zero-order chi connectivity index (χ0) is 12.5. The van der Waals surface area contributed by atoms with Gasteiger partial charge in [0.15, 0.2) is 0 Å². The minimum absolute atomic E-state index is 0.431. The van der Waals surface area contributed by atoms with Crippen LogP contribution < -0.4 is 11.1 Å². The van der Waals surface area contributed by atoms with E-state index in [9.17, 15) is 0 Å². The fourth-order valence-electron chi connectivity index (χ4n) is 2.02. The Hall–Kier alpha value is -0.860. The van der Waals surface area contributed by atoms with Crippen molar-refractivity contribution in [3.8, 4) is 0 Å². The van der Waals surface area contributed by atoms with Gasteiger partial charge in [-0.2, -0.15) is 0 Å². The van der Waals surface area contributed by atoms with Crippen molar-refractivity contribution >= 4 is 0 Å². The molecule has 1 aromatic rings. The van der Waals surface area contributed by atoms with Gasteiger partial charge < -0.3 is 11.1 Å². The Labute approximate surface area is 106 Å². The molecule has 0 aromatic heterocycles. The molecule has 2 heteroatoms. The molecule has 0 saturated carbocycles. The monoisotopic (exact) mass is 234 g/mol. The number of benzene rings is 1. The van der Waals surface area contributed by atoms with Crippen LogP contribution in [0, 0.1) is 0 Å². The first kappa shape index (κ1) is 14.2. The van der Waals surface area contributed by atoms with E-state index in [1.165, 1.54) is 24.8 Å². The lowest BCUT2D eigenvalue weighted by atomic mass is 9.99. The van der Waals surface area contributed by atoms with Crippen LogP contribution in [0.15, 0.2) is 30.3 Å². The third-order valence-electron chi connectivity index (χ3n) is 3.26. The first-order chi connectivity index (χ1) is 8.27. The van der Waals surface area contributed by atoms with Crippen LogP contribution in [0.25, 0.3) is 0 Å². The van der Waals surface area contributed by atoms with Crippen LogP contribution in [0.5, 0.6) is 0 Å². The Morgan fingerprint density at radius 3 is 2.53 bits per heavy atom. The number of nitrogens with one attached hydrogen (secondary N) is 1. The fraction of sp³-hybridized carbons (Fsp3) is 0.600. The van der Waals surface area contributed by atoms with Crippen molar-refractivity contribution in [3.05, 3.63) is 35.9 Å². The molecule has 0 fully saturated rings. The van der Waals surface area contributed by atoms with Gasteiger partial charge in [0.25, 0.3) is 0 Å². The SMILES string of the molecule is CCCCC(C)NCC(CN)c1ccccc1. The van der Waals surface area contributed by atoms with Crippen LogP contribution in [0.2, 0.25) is 0 Å². The molecule has 0 aliphatic carbocycles. The normalized spacial score (nSPS) is 14.5. The van der Waals surface area contributed by atoms with Crippen LogP contribution in [0.4, 0.5) is 0 Å². The van der Waals surface area contributed by atoms with Crippen LogP contribution in [-0.4, -0.2) is 19.1 Å². The quantitative estimate of drug-likeness (QED) is 0.726. The molecule has 2 unspecified atom stereocenters. The van der Waals surface area contributed by atoms with E-state index in [1.807, 2.05) is 6.07 Å². The average Bonchev–Trinajstić information content (AvgIpc) is 2.38. The Bertz CT molecular complexity index is 284. The van der Waals surface area contributed by atoms with E-state index in [4.69, 9.17) is 5.73 Å². The number of rotatable bonds is 8. The van der Waals surface area contributed by atoms with Crippen molar-refractivity contribution in [3.63, 3.8) is 0 Å². The highest BCUT2D eigenvalue weighted by molar-refractivity contribution is 5.20. The molecule has 17 heavy (non-hydrogen) atoms. The first-order valence-electron chi connectivity index (χ1n) is 6.76. The molecule has 0 bridgehead atoms. The minimum Gasteiger partial charge on any atom is -0.330 e. The van der Waals surface area contributed by atoms with Crippen LogP contribution in [0.3, 0.4) is 0 Å². The van der Waals surface area contributed by atoms with Gasteiger partial charge in [-0.05, 0) is 18.9 Å². The topological polar surface area (TPSA) is 38.0 Å². The van der Waals surface area contributed by atoms with Crippen molar-refractivity contribution in [1.29, 1.82) is 0 Å². The first-order valence-corrected chi connectivity index (χ1v) is 6.76. The van der Waals surface area contributed by atoms with Gasteiger partial charge in [0.1, 0.15) is 0 Å². The Balaban J connectivity index is 2.38. The van der Waals surface area contributed by atoms with Gasteiger partial charge in [-0.15, -0.1) is 0 Å². The van der Waals surface area contributed by atoms with Crippen LogP contribution >= 0.6 is 0 Å². The second-order valence-electron chi connectivity index (χ2n) is 4.79. The lowest BCUT2D eigenvalue weighted by Crippen LogP contribution is -2.33. The fourth-order valence-corrected chi connectivity index (χ4v) is 2.02. The zero-order valence-electron chi connectivity index (χ0n) is 11.2. The molecule has 3 N–H and O–H groups in total. The van der Waals surface area contributed by atoms with E-state index < -0.39 is 0 Å². The molecule has 0 spiro atoms. The summed E-state index contributed by atoms with van der Waals surface area (Å²) in [5.74, 6) is 0.431. The third-order valence-corrected chi connectivity index (χ3v) is 3.26.